The minimum absolute atomic E-state index is 0.0468. The Morgan fingerprint density at radius 3 is 2.12 bits per heavy atom. The number of hydrogen-bond donors (Lipinski definition) is 2. The second kappa shape index (κ2) is 4.88. The van der Waals surface area contributed by atoms with E-state index in [2.05, 4.69) is 0 Å². The highest BCUT2D eigenvalue weighted by atomic mass is 16.6. The van der Waals surface area contributed by atoms with E-state index in [0.29, 0.717) is 0 Å². The van der Waals surface area contributed by atoms with Crippen molar-refractivity contribution in [1.82, 2.24) is 0 Å². The van der Waals surface area contributed by atoms with Crippen molar-refractivity contribution in [2.75, 3.05) is 0 Å². The van der Waals surface area contributed by atoms with Gasteiger partial charge in [0.15, 0.2) is 5.57 Å². The van der Waals surface area contributed by atoms with Crippen LogP contribution in [0.25, 0.3) is 5.57 Å². The van der Waals surface area contributed by atoms with Crippen molar-refractivity contribution in [3.63, 3.8) is 0 Å². The van der Waals surface area contributed by atoms with Gasteiger partial charge < -0.3 is 10.8 Å². The maximum atomic E-state index is 11.0. The molecule has 0 aliphatic rings. The van der Waals surface area contributed by atoms with Crippen LogP contribution in [-0.2, 0) is 9.59 Å². The number of primary amides is 1. The zero-order valence-corrected chi connectivity index (χ0v) is 8.49. The van der Waals surface area contributed by atoms with Crippen LogP contribution >= 0.6 is 0 Å². The average molecular weight is 236 g/mol. The number of nitro groups is 1. The molecule has 7 heteroatoms. The summed E-state index contributed by atoms with van der Waals surface area (Å²) in [6, 6.07) is 7.29. The van der Waals surface area contributed by atoms with Gasteiger partial charge in [0.25, 0.3) is 0 Å². The van der Waals surface area contributed by atoms with Crippen LogP contribution in [0, 0.1) is 10.1 Å². The predicted octanol–water partition coefficient (Wildman–Crippen LogP) is 0.244. The standard InChI is InChI=1S/C10H8N2O5/c11-9(13)8(12(16)17)7(10(14)15)6-4-2-1-3-5-6/h1-5H,(H2,11,13)(H,14,15)/b8-7+. The van der Waals surface area contributed by atoms with Gasteiger partial charge in [-0.2, -0.15) is 0 Å². The second-order valence-corrected chi connectivity index (χ2v) is 3.02. The molecular formula is C10H8N2O5. The number of aliphatic carboxylic acids is 1. The topological polar surface area (TPSA) is 124 Å². The summed E-state index contributed by atoms with van der Waals surface area (Å²) >= 11 is 0. The Kier molecular flexibility index (Phi) is 3.55. The van der Waals surface area contributed by atoms with Crippen LogP contribution in [0.2, 0.25) is 0 Å². The zero-order chi connectivity index (χ0) is 13.0. The van der Waals surface area contributed by atoms with Crippen LogP contribution in [0.5, 0.6) is 0 Å². The summed E-state index contributed by atoms with van der Waals surface area (Å²) in [5.74, 6) is -2.97. The van der Waals surface area contributed by atoms with Gasteiger partial charge in [-0.15, -0.1) is 0 Å². The second-order valence-electron chi connectivity index (χ2n) is 3.02. The molecule has 1 rings (SSSR count). The fourth-order valence-corrected chi connectivity index (χ4v) is 1.27. The number of amides is 1. The molecule has 0 saturated carbocycles. The van der Waals surface area contributed by atoms with E-state index in [4.69, 9.17) is 10.8 Å². The summed E-state index contributed by atoms with van der Waals surface area (Å²) in [4.78, 5) is 31.4. The lowest BCUT2D eigenvalue weighted by atomic mass is 10.0. The summed E-state index contributed by atoms with van der Waals surface area (Å²) in [6.07, 6.45) is 0. The largest absolute Gasteiger partial charge is 0.477 e. The lowest BCUT2D eigenvalue weighted by molar-refractivity contribution is -0.417. The normalized spacial score (nSPS) is 11.5. The maximum Gasteiger partial charge on any atom is 0.348 e. The molecular weight excluding hydrogens is 228 g/mol. The van der Waals surface area contributed by atoms with Gasteiger partial charge in [-0.25, -0.2) is 4.79 Å². The van der Waals surface area contributed by atoms with Gasteiger partial charge in [0.2, 0.25) is 0 Å². The summed E-state index contributed by atoms with van der Waals surface area (Å²) in [5, 5.41) is 19.6. The Morgan fingerprint density at radius 1 is 1.24 bits per heavy atom. The molecule has 1 amide bonds. The third-order valence-corrected chi connectivity index (χ3v) is 1.93. The van der Waals surface area contributed by atoms with E-state index in [0.717, 1.165) is 0 Å². The maximum absolute atomic E-state index is 11.0. The van der Waals surface area contributed by atoms with Gasteiger partial charge >= 0.3 is 17.6 Å². The Labute approximate surface area is 95.3 Å². The molecule has 0 aliphatic heterocycles. The molecule has 1 aromatic carbocycles. The quantitative estimate of drug-likeness (QED) is 0.440. The molecule has 0 aliphatic carbocycles. The molecule has 0 bridgehead atoms. The van der Waals surface area contributed by atoms with Crippen molar-refractivity contribution in [1.29, 1.82) is 0 Å². The summed E-state index contributed by atoms with van der Waals surface area (Å²) in [5.41, 5.74) is 3.00. The molecule has 0 aromatic heterocycles. The monoisotopic (exact) mass is 236 g/mol. The summed E-state index contributed by atoms with van der Waals surface area (Å²) in [6.45, 7) is 0. The number of nitrogens with zero attached hydrogens (tertiary/aromatic N) is 1. The molecule has 0 radical (unpaired) electrons. The Balaban J connectivity index is 3.55. The minimum atomic E-state index is -1.58. The van der Waals surface area contributed by atoms with E-state index in [1.54, 1.807) is 6.07 Å². The van der Waals surface area contributed by atoms with Crippen molar-refractivity contribution >= 4 is 17.4 Å². The molecule has 3 N–H and O–H groups in total. The number of carbonyl (C=O) groups excluding carboxylic acids is 1. The van der Waals surface area contributed by atoms with Crippen molar-refractivity contribution in [3.05, 3.63) is 51.7 Å². The fraction of sp³-hybridized carbons (Fsp3) is 0. The SMILES string of the molecule is NC(=O)/C(=C(\C(=O)O)c1ccccc1)[N+](=O)[O-]. The molecule has 0 fully saturated rings. The van der Waals surface area contributed by atoms with Crippen molar-refractivity contribution in [2.45, 2.75) is 0 Å². The highest BCUT2D eigenvalue weighted by molar-refractivity contribution is 6.21. The molecule has 0 unspecified atom stereocenters. The first-order chi connectivity index (χ1) is 7.95. The number of carbonyl (C=O) groups is 2. The lowest BCUT2D eigenvalue weighted by Crippen LogP contribution is -2.23. The third-order valence-electron chi connectivity index (χ3n) is 1.93. The lowest BCUT2D eigenvalue weighted by Gasteiger charge is -2.02. The number of nitrogens with two attached hydrogens (primary N) is 1. The van der Waals surface area contributed by atoms with Gasteiger partial charge in [-0.3, -0.25) is 14.9 Å². The molecule has 1 aromatic rings. The molecule has 88 valence electrons. The van der Waals surface area contributed by atoms with E-state index in [1.807, 2.05) is 0 Å². The number of hydrogen-bond acceptors (Lipinski definition) is 4. The number of benzene rings is 1. The van der Waals surface area contributed by atoms with Crippen molar-refractivity contribution < 1.29 is 19.6 Å². The Bertz CT molecular complexity index is 491. The molecule has 0 atom stereocenters. The summed E-state index contributed by atoms with van der Waals surface area (Å²) < 4.78 is 0. The van der Waals surface area contributed by atoms with E-state index in [9.17, 15) is 19.7 Å². The summed E-state index contributed by atoms with van der Waals surface area (Å²) in [7, 11) is 0. The van der Waals surface area contributed by atoms with E-state index in [-0.39, 0.29) is 5.56 Å². The van der Waals surface area contributed by atoms with E-state index in [1.165, 1.54) is 24.3 Å². The number of carboxylic acids is 1. The molecule has 7 nitrogen and oxygen atoms in total. The third kappa shape index (κ3) is 2.65. The van der Waals surface area contributed by atoms with Crippen LogP contribution in [0.1, 0.15) is 5.56 Å². The smallest absolute Gasteiger partial charge is 0.348 e. The van der Waals surface area contributed by atoms with Crippen molar-refractivity contribution in [3.8, 4) is 0 Å². The molecule has 0 spiro atoms. The van der Waals surface area contributed by atoms with E-state index >= 15 is 0 Å². The minimum Gasteiger partial charge on any atom is -0.477 e. The van der Waals surface area contributed by atoms with E-state index < -0.39 is 28.1 Å². The van der Waals surface area contributed by atoms with Gasteiger partial charge in [0.1, 0.15) is 0 Å². The van der Waals surface area contributed by atoms with Crippen LogP contribution in [-0.4, -0.2) is 21.9 Å². The van der Waals surface area contributed by atoms with Gasteiger partial charge in [-0.05, 0) is 5.56 Å². The number of carboxylic acid groups (broad SMARTS) is 1. The predicted molar refractivity (Wildman–Crippen MR) is 57.2 cm³/mol. The molecule has 0 heterocycles. The molecule has 17 heavy (non-hydrogen) atoms. The van der Waals surface area contributed by atoms with Crippen LogP contribution in [0.4, 0.5) is 0 Å². The Hall–Kier alpha value is -2.70. The average Bonchev–Trinajstić information content (AvgIpc) is 2.25. The first-order valence-electron chi connectivity index (χ1n) is 4.42. The highest BCUT2D eigenvalue weighted by Crippen LogP contribution is 2.19. The Morgan fingerprint density at radius 2 is 1.76 bits per heavy atom. The number of rotatable bonds is 4. The zero-order valence-electron chi connectivity index (χ0n) is 8.49. The van der Waals surface area contributed by atoms with Gasteiger partial charge in [-0.1, -0.05) is 30.3 Å². The van der Waals surface area contributed by atoms with Crippen LogP contribution in [0.15, 0.2) is 36.0 Å². The van der Waals surface area contributed by atoms with Gasteiger partial charge in [0, 0.05) is 0 Å². The molecule has 0 saturated heterocycles. The van der Waals surface area contributed by atoms with Crippen LogP contribution in [0.3, 0.4) is 0 Å². The van der Waals surface area contributed by atoms with Crippen molar-refractivity contribution in [2.24, 2.45) is 5.73 Å². The highest BCUT2D eigenvalue weighted by Gasteiger charge is 2.30. The van der Waals surface area contributed by atoms with Gasteiger partial charge in [0.05, 0.1) is 4.92 Å². The fourth-order valence-electron chi connectivity index (χ4n) is 1.27. The first-order valence-corrected chi connectivity index (χ1v) is 4.42. The van der Waals surface area contributed by atoms with Crippen LogP contribution < -0.4 is 5.73 Å². The first kappa shape index (κ1) is 12.4.